The normalized spacial score (nSPS) is 31.7. The standard InChI is InChI=1S/C22H29NO3/c1-15-3-5-16(6-4-15)13-23(2)20(24)14-26-21(25)22-10-17-7-18(11-22)9-19(8-17)12-22/h3-6,17-19H,7-14H2,1-2H3. The van der Waals surface area contributed by atoms with E-state index >= 15 is 0 Å². The second-order valence-electron chi connectivity index (χ2n) is 9.01. The summed E-state index contributed by atoms with van der Waals surface area (Å²) in [5, 5.41) is 0. The lowest BCUT2D eigenvalue weighted by Crippen LogP contribution is -2.51. The van der Waals surface area contributed by atoms with Crippen LogP contribution in [0.3, 0.4) is 0 Å². The molecule has 0 heterocycles. The maximum absolute atomic E-state index is 12.8. The Kier molecular flexibility index (Phi) is 4.54. The number of nitrogens with zero attached hydrogens (tertiary/aromatic N) is 1. The highest BCUT2D eigenvalue weighted by Crippen LogP contribution is 2.60. The van der Waals surface area contributed by atoms with Gasteiger partial charge in [-0.25, -0.2) is 0 Å². The Labute approximate surface area is 155 Å². The number of benzene rings is 1. The van der Waals surface area contributed by atoms with Crippen molar-refractivity contribution in [1.29, 1.82) is 0 Å². The molecule has 4 aliphatic carbocycles. The number of hydrogen-bond acceptors (Lipinski definition) is 3. The van der Waals surface area contributed by atoms with Gasteiger partial charge in [0.15, 0.2) is 6.61 Å². The number of ether oxygens (including phenoxy) is 1. The molecule has 4 fully saturated rings. The summed E-state index contributed by atoms with van der Waals surface area (Å²) < 4.78 is 5.54. The van der Waals surface area contributed by atoms with Crippen molar-refractivity contribution in [2.24, 2.45) is 23.2 Å². The molecule has 26 heavy (non-hydrogen) atoms. The average Bonchev–Trinajstić information content (AvgIpc) is 2.60. The Morgan fingerprint density at radius 1 is 1.04 bits per heavy atom. The summed E-state index contributed by atoms with van der Waals surface area (Å²) in [6, 6.07) is 8.14. The topological polar surface area (TPSA) is 46.6 Å². The van der Waals surface area contributed by atoms with Crippen LogP contribution in [0.25, 0.3) is 0 Å². The van der Waals surface area contributed by atoms with Crippen molar-refractivity contribution >= 4 is 11.9 Å². The number of esters is 1. The molecule has 0 saturated heterocycles. The van der Waals surface area contributed by atoms with Crippen molar-refractivity contribution in [2.45, 2.75) is 52.0 Å². The van der Waals surface area contributed by atoms with Gasteiger partial charge in [0.1, 0.15) is 0 Å². The van der Waals surface area contributed by atoms with Crippen LogP contribution in [-0.4, -0.2) is 30.4 Å². The van der Waals surface area contributed by atoms with Gasteiger partial charge in [-0.3, -0.25) is 9.59 Å². The van der Waals surface area contributed by atoms with Gasteiger partial charge in [-0.2, -0.15) is 0 Å². The number of carbonyl (C=O) groups excluding carboxylic acids is 2. The molecule has 1 aromatic carbocycles. The maximum Gasteiger partial charge on any atom is 0.312 e. The highest BCUT2D eigenvalue weighted by Gasteiger charge is 2.55. The second kappa shape index (κ2) is 6.71. The largest absolute Gasteiger partial charge is 0.455 e. The first-order valence-electron chi connectivity index (χ1n) is 9.90. The molecule has 0 atom stereocenters. The number of likely N-dealkylation sites (N-methyl/N-ethyl adjacent to an activating group) is 1. The number of hydrogen-bond donors (Lipinski definition) is 0. The van der Waals surface area contributed by atoms with Crippen LogP contribution < -0.4 is 0 Å². The van der Waals surface area contributed by atoms with Gasteiger partial charge in [0.05, 0.1) is 5.41 Å². The predicted octanol–water partition coefficient (Wildman–Crippen LogP) is 3.71. The molecule has 0 unspecified atom stereocenters. The van der Waals surface area contributed by atoms with Gasteiger partial charge in [-0.05, 0) is 68.8 Å². The number of amides is 1. The summed E-state index contributed by atoms with van der Waals surface area (Å²) in [6.07, 6.45) is 6.82. The van der Waals surface area contributed by atoms with E-state index in [2.05, 4.69) is 0 Å². The van der Waals surface area contributed by atoms with Gasteiger partial charge in [0, 0.05) is 13.6 Å². The first kappa shape index (κ1) is 17.6. The van der Waals surface area contributed by atoms with Crippen LogP contribution >= 0.6 is 0 Å². The van der Waals surface area contributed by atoms with Crippen LogP contribution in [0.2, 0.25) is 0 Å². The fourth-order valence-corrected chi connectivity index (χ4v) is 5.81. The molecule has 0 aliphatic heterocycles. The molecule has 1 amide bonds. The van der Waals surface area contributed by atoms with E-state index < -0.39 is 0 Å². The number of rotatable bonds is 5. The molecular weight excluding hydrogens is 326 g/mol. The van der Waals surface area contributed by atoms with Gasteiger partial charge in [0.25, 0.3) is 5.91 Å². The Balaban J connectivity index is 1.31. The van der Waals surface area contributed by atoms with Crippen molar-refractivity contribution < 1.29 is 14.3 Å². The van der Waals surface area contributed by atoms with E-state index in [4.69, 9.17) is 4.74 Å². The van der Waals surface area contributed by atoms with Crippen molar-refractivity contribution in [3.63, 3.8) is 0 Å². The van der Waals surface area contributed by atoms with Crippen molar-refractivity contribution in [3.05, 3.63) is 35.4 Å². The summed E-state index contributed by atoms with van der Waals surface area (Å²) in [6.45, 7) is 2.44. The van der Waals surface area contributed by atoms with Crippen LogP contribution in [0.1, 0.15) is 49.7 Å². The summed E-state index contributed by atoms with van der Waals surface area (Å²) in [7, 11) is 1.76. The second-order valence-corrected chi connectivity index (χ2v) is 9.01. The molecule has 0 N–H and O–H groups in total. The minimum atomic E-state index is -0.287. The van der Waals surface area contributed by atoms with Crippen LogP contribution in [0, 0.1) is 30.1 Å². The number of carbonyl (C=O) groups is 2. The lowest BCUT2D eigenvalue weighted by atomic mass is 9.49. The van der Waals surface area contributed by atoms with E-state index in [1.54, 1.807) is 11.9 Å². The van der Waals surface area contributed by atoms with E-state index in [1.165, 1.54) is 24.8 Å². The molecule has 1 aromatic rings. The van der Waals surface area contributed by atoms with E-state index in [-0.39, 0.29) is 23.9 Å². The summed E-state index contributed by atoms with van der Waals surface area (Å²) in [4.78, 5) is 26.9. The molecule has 0 spiro atoms. The summed E-state index contributed by atoms with van der Waals surface area (Å²) in [5.41, 5.74) is 2.00. The van der Waals surface area contributed by atoms with Gasteiger partial charge in [-0.15, -0.1) is 0 Å². The highest BCUT2D eigenvalue weighted by molar-refractivity contribution is 5.83. The van der Waals surface area contributed by atoms with E-state index in [0.29, 0.717) is 24.3 Å². The number of aryl methyl sites for hydroxylation is 1. The van der Waals surface area contributed by atoms with Crippen molar-refractivity contribution in [3.8, 4) is 0 Å². The monoisotopic (exact) mass is 355 g/mol. The third kappa shape index (κ3) is 3.38. The molecular formula is C22H29NO3. The lowest BCUT2D eigenvalue weighted by Gasteiger charge is -2.55. The minimum absolute atomic E-state index is 0.117. The van der Waals surface area contributed by atoms with Gasteiger partial charge in [0.2, 0.25) is 0 Å². The zero-order valence-corrected chi connectivity index (χ0v) is 15.9. The Morgan fingerprint density at radius 3 is 2.12 bits per heavy atom. The molecule has 4 nitrogen and oxygen atoms in total. The fourth-order valence-electron chi connectivity index (χ4n) is 5.81. The van der Waals surface area contributed by atoms with Crippen molar-refractivity contribution in [2.75, 3.05) is 13.7 Å². The highest BCUT2D eigenvalue weighted by atomic mass is 16.5. The predicted molar refractivity (Wildman–Crippen MR) is 99.2 cm³/mol. The minimum Gasteiger partial charge on any atom is -0.455 e. The smallest absolute Gasteiger partial charge is 0.312 e. The SMILES string of the molecule is Cc1ccc(CN(C)C(=O)COC(=O)C23CC4CC(CC(C4)C2)C3)cc1. The molecule has 4 saturated carbocycles. The average molecular weight is 355 g/mol. The molecule has 0 radical (unpaired) electrons. The van der Waals surface area contributed by atoms with Crippen molar-refractivity contribution in [1.82, 2.24) is 4.90 Å². The molecule has 0 aromatic heterocycles. The zero-order chi connectivity index (χ0) is 18.3. The third-order valence-electron chi connectivity index (χ3n) is 6.76. The van der Waals surface area contributed by atoms with Crippen LogP contribution in [0.4, 0.5) is 0 Å². The Bertz CT molecular complexity index is 659. The van der Waals surface area contributed by atoms with Crippen LogP contribution in [0.15, 0.2) is 24.3 Å². The molecule has 4 bridgehead atoms. The van der Waals surface area contributed by atoms with E-state index in [9.17, 15) is 9.59 Å². The molecule has 5 rings (SSSR count). The van der Waals surface area contributed by atoms with Gasteiger partial charge >= 0.3 is 5.97 Å². The van der Waals surface area contributed by atoms with Gasteiger partial charge in [-0.1, -0.05) is 29.8 Å². The fraction of sp³-hybridized carbons (Fsp3) is 0.636. The van der Waals surface area contributed by atoms with Gasteiger partial charge < -0.3 is 9.64 Å². The first-order valence-corrected chi connectivity index (χ1v) is 9.90. The molecule has 4 aliphatic rings. The van der Waals surface area contributed by atoms with Crippen LogP contribution in [-0.2, 0) is 20.9 Å². The maximum atomic E-state index is 12.8. The summed E-state index contributed by atoms with van der Waals surface area (Å²) in [5.74, 6) is 1.86. The van der Waals surface area contributed by atoms with E-state index in [0.717, 1.165) is 24.8 Å². The molecule has 140 valence electrons. The first-order chi connectivity index (χ1) is 12.4. The van der Waals surface area contributed by atoms with Crippen LogP contribution in [0.5, 0.6) is 0 Å². The Morgan fingerprint density at radius 2 is 1.58 bits per heavy atom. The lowest BCUT2D eigenvalue weighted by molar-refractivity contribution is -0.174. The Hall–Kier alpha value is -1.84. The zero-order valence-electron chi connectivity index (χ0n) is 15.9. The quantitative estimate of drug-likeness (QED) is 0.757. The summed E-state index contributed by atoms with van der Waals surface area (Å²) >= 11 is 0. The molecule has 4 heteroatoms. The third-order valence-corrected chi connectivity index (χ3v) is 6.76. The van der Waals surface area contributed by atoms with E-state index in [1.807, 2.05) is 31.2 Å².